The Balaban J connectivity index is 1.09. The van der Waals surface area contributed by atoms with Gasteiger partial charge >= 0.3 is 5.69 Å². The van der Waals surface area contributed by atoms with E-state index in [1.807, 2.05) is 32.0 Å². The predicted octanol–water partition coefficient (Wildman–Crippen LogP) is 3.27. The summed E-state index contributed by atoms with van der Waals surface area (Å²) in [6.45, 7) is 5.79. The molecule has 3 aliphatic rings. The fourth-order valence-corrected chi connectivity index (χ4v) is 9.21. The second-order valence-corrected chi connectivity index (χ2v) is 15.3. The lowest BCUT2D eigenvalue weighted by Crippen LogP contribution is -2.50. The van der Waals surface area contributed by atoms with Gasteiger partial charge in [0.2, 0.25) is 27.7 Å². The summed E-state index contributed by atoms with van der Waals surface area (Å²) in [7, 11) is -1.83. The number of anilines is 2. The average Bonchev–Trinajstić information content (AvgIpc) is 3.25. The van der Waals surface area contributed by atoms with Gasteiger partial charge in [-0.2, -0.15) is 4.31 Å². The third-order valence-electron chi connectivity index (χ3n) is 9.78. The number of nitrogens with one attached hydrogen (secondary N) is 2. The first-order valence-corrected chi connectivity index (χ1v) is 17.6. The van der Waals surface area contributed by atoms with Crippen LogP contribution in [0.5, 0.6) is 0 Å². The Morgan fingerprint density at radius 2 is 1.74 bits per heavy atom. The van der Waals surface area contributed by atoms with Gasteiger partial charge in [0.15, 0.2) is 0 Å². The monoisotopic (exact) mass is 650 g/mol. The minimum atomic E-state index is -3.51. The Morgan fingerprint density at radius 1 is 0.978 bits per heavy atom. The maximum Gasteiger partial charge on any atom is 0.329 e. The molecule has 3 saturated heterocycles. The number of benzene rings is 2. The highest BCUT2D eigenvalue weighted by Crippen LogP contribution is 2.32. The molecule has 0 aliphatic carbocycles. The molecule has 13 heteroatoms. The van der Waals surface area contributed by atoms with Crippen molar-refractivity contribution in [1.82, 2.24) is 18.8 Å². The lowest BCUT2D eigenvalue weighted by atomic mass is 9.93. The maximum absolute atomic E-state index is 13.3. The number of piperidine rings is 3. The number of aryl methyl sites for hydroxylation is 1. The lowest BCUT2D eigenvalue weighted by molar-refractivity contribution is -0.135. The lowest BCUT2D eigenvalue weighted by Gasteiger charge is -2.41. The zero-order valence-electron chi connectivity index (χ0n) is 26.6. The minimum absolute atomic E-state index is 0.0870. The van der Waals surface area contributed by atoms with E-state index in [9.17, 15) is 27.6 Å². The highest BCUT2D eigenvalue weighted by atomic mass is 32.2. The van der Waals surface area contributed by atoms with Crippen LogP contribution in [-0.4, -0.2) is 64.8 Å². The number of hydrogen-bond acceptors (Lipinski definition) is 7. The summed E-state index contributed by atoms with van der Waals surface area (Å²) < 4.78 is 31.2. The van der Waals surface area contributed by atoms with E-state index < -0.39 is 27.5 Å². The number of amides is 3. The number of sulfonamides is 1. The molecule has 0 radical (unpaired) electrons. The van der Waals surface area contributed by atoms with Gasteiger partial charge in [-0.15, -0.1) is 0 Å². The summed E-state index contributed by atoms with van der Waals surface area (Å²) in [5.41, 5.74) is 2.77. The van der Waals surface area contributed by atoms with Gasteiger partial charge in [-0.05, 0) is 81.8 Å². The van der Waals surface area contributed by atoms with Gasteiger partial charge in [-0.25, -0.2) is 13.2 Å². The summed E-state index contributed by atoms with van der Waals surface area (Å²) in [4.78, 5) is 52.7. The van der Waals surface area contributed by atoms with E-state index in [1.54, 1.807) is 35.6 Å². The number of carbonyl (C=O) groups excluding carboxylic acids is 3. The first-order chi connectivity index (χ1) is 21.8. The quantitative estimate of drug-likeness (QED) is 0.374. The van der Waals surface area contributed by atoms with Crippen molar-refractivity contribution in [2.45, 2.75) is 76.1 Å². The average molecular weight is 651 g/mol. The van der Waals surface area contributed by atoms with Crippen molar-refractivity contribution in [3.8, 4) is 0 Å². The van der Waals surface area contributed by atoms with Gasteiger partial charge in [0.1, 0.15) is 6.04 Å². The molecule has 3 aromatic rings. The van der Waals surface area contributed by atoms with Crippen LogP contribution >= 0.6 is 0 Å². The number of carbonyl (C=O) groups is 3. The Labute approximate surface area is 268 Å². The van der Waals surface area contributed by atoms with Crippen LogP contribution in [-0.2, 0) is 37.2 Å². The third-order valence-corrected chi connectivity index (χ3v) is 11.8. The Bertz CT molecular complexity index is 1850. The molecule has 1 unspecified atom stereocenters. The van der Waals surface area contributed by atoms with Gasteiger partial charge in [0, 0.05) is 55.9 Å². The molecule has 3 amide bonds. The zero-order valence-corrected chi connectivity index (χ0v) is 27.4. The van der Waals surface area contributed by atoms with Gasteiger partial charge in [0.25, 0.3) is 0 Å². The highest BCUT2D eigenvalue weighted by Gasteiger charge is 2.38. The molecule has 2 aromatic carbocycles. The van der Waals surface area contributed by atoms with Crippen LogP contribution in [0.2, 0.25) is 0 Å². The smallest absolute Gasteiger partial charge is 0.329 e. The Hall–Kier alpha value is -3.97. The first-order valence-electron chi connectivity index (χ1n) is 16.0. The molecule has 3 aliphatic heterocycles. The molecule has 3 fully saturated rings. The normalized spacial score (nSPS) is 21.4. The van der Waals surface area contributed by atoms with E-state index in [2.05, 4.69) is 15.5 Å². The molecule has 4 heterocycles. The minimum Gasteiger partial charge on any atom is -0.371 e. The molecule has 0 spiro atoms. The fraction of sp³-hybridized carbons (Fsp3) is 0.515. The van der Waals surface area contributed by atoms with Crippen LogP contribution in [0.3, 0.4) is 0 Å². The van der Waals surface area contributed by atoms with E-state index in [4.69, 9.17) is 0 Å². The van der Waals surface area contributed by atoms with Crippen molar-refractivity contribution >= 4 is 50.2 Å². The molecule has 0 bridgehead atoms. The molecule has 246 valence electrons. The van der Waals surface area contributed by atoms with Gasteiger partial charge in [-0.1, -0.05) is 18.6 Å². The van der Waals surface area contributed by atoms with Crippen molar-refractivity contribution in [3.05, 3.63) is 58.5 Å². The number of imide groups is 1. The standard InChI is InChI=1S/C33H42N6O6S/c1-33(2)15-4-5-16-38(33)46(44,45)21-22-7-6-8-24(19-22)34-30(41)23-13-17-37(18-14-23)25-9-10-26-28(20-25)36(3)32(43)39(26)27-11-12-29(40)35-31(27)42/h6-10,19-20,23,27H,4-5,11-18,21H2,1-3H3,(H,34,41)(H,35,40,42). The predicted molar refractivity (Wildman–Crippen MR) is 176 cm³/mol. The van der Waals surface area contributed by atoms with Crippen molar-refractivity contribution in [1.29, 1.82) is 0 Å². The van der Waals surface area contributed by atoms with Crippen LogP contribution < -0.4 is 21.2 Å². The Morgan fingerprint density at radius 3 is 2.46 bits per heavy atom. The van der Waals surface area contributed by atoms with Crippen LogP contribution in [0.1, 0.15) is 70.4 Å². The van der Waals surface area contributed by atoms with E-state index in [0.29, 0.717) is 54.8 Å². The molecule has 2 N–H and O–H groups in total. The van der Waals surface area contributed by atoms with Gasteiger partial charge in [-0.3, -0.25) is 28.8 Å². The van der Waals surface area contributed by atoms with Crippen molar-refractivity contribution in [2.24, 2.45) is 13.0 Å². The van der Waals surface area contributed by atoms with Crippen LogP contribution in [0.4, 0.5) is 11.4 Å². The van der Waals surface area contributed by atoms with Crippen LogP contribution in [0, 0.1) is 5.92 Å². The summed E-state index contributed by atoms with van der Waals surface area (Å²) in [5.74, 6) is -1.18. The van der Waals surface area contributed by atoms with Gasteiger partial charge in [0.05, 0.1) is 16.8 Å². The number of fused-ring (bicyclic) bond motifs is 1. The first kappa shape index (κ1) is 32.0. The summed E-state index contributed by atoms with van der Waals surface area (Å²) in [6, 6.07) is 12.1. The SMILES string of the molecule is Cn1c(=O)n(C2CCC(=O)NC2=O)c2ccc(N3CCC(C(=O)Nc4cccc(CS(=O)(=O)N5CCCCC5(C)C)c4)CC3)cc21. The van der Waals surface area contributed by atoms with Crippen molar-refractivity contribution < 1.29 is 22.8 Å². The maximum atomic E-state index is 13.3. The molecule has 6 rings (SSSR count). The van der Waals surface area contributed by atoms with Gasteiger partial charge < -0.3 is 10.2 Å². The Kier molecular flexibility index (Phi) is 8.57. The van der Waals surface area contributed by atoms with Crippen molar-refractivity contribution in [3.63, 3.8) is 0 Å². The molecular weight excluding hydrogens is 608 g/mol. The van der Waals surface area contributed by atoms with E-state index in [1.165, 1.54) is 9.13 Å². The number of aromatic nitrogens is 2. The van der Waals surface area contributed by atoms with Crippen molar-refractivity contribution in [2.75, 3.05) is 29.9 Å². The number of nitrogens with zero attached hydrogens (tertiary/aromatic N) is 4. The fourth-order valence-electron chi connectivity index (χ4n) is 7.21. The summed E-state index contributed by atoms with van der Waals surface area (Å²) >= 11 is 0. The molecule has 46 heavy (non-hydrogen) atoms. The topological polar surface area (TPSA) is 143 Å². The van der Waals surface area contributed by atoms with E-state index >= 15 is 0 Å². The molecule has 0 saturated carbocycles. The van der Waals surface area contributed by atoms with Crippen LogP contribution in [0.15, 0.2) is 47.3 Å². The second kappa shape index (κ2) is 12.3. The number of imidazole rings is 1. The van der Waals surface area contributed by atoms with Crippen LogP contribution in [0.25, 0.3) is 11.0 Å². The highest BCUT2D eigenvalue weighted by molar-refractivity contribution is 7.88. The summed E-state index contributed by atoms with van der Waals surface area (Å²) in [5, 5.41) is 5.34. The van der Waals surface area contributed by atoms with E-state index in [-0.39, 0.29) is 42.0 Å². The summed E-state index contributed by atoms with van der Waals surface area (Å²) in [6.07, 6.45) is 4.47. The molecule has 12 nitrogen and oxygen atoms in total. The molecular formula is C33H42N6O6S. The number of hydrogen-bond donors (Lipinski definition) is 2. The zero-order chi connectivity index (χ0) is 32.8. The number of rotatable bonds is 7. The largest absolute Gasteiger partial charge is 0.371 e. The molecule has 1 aromatic heterocycles. The second-order valence-electron chi connectivity index (χ2n) is 13.4. The van der Waals surface area contributed by atoms with E-state index in [0.717, 1.165) is 24.9 Å². The third kappa shape index (κ3) is 6.22. The molecule has 1 atom stereocenters.